The van der Waals surface area contributed by atoms with E-state index in [9.17, 15) is 13.2 Å². The Morgan fingerprint density at radius 3 is 2.84 bits per heavy atom. The maximum atomic E-state index is 12.3. The second-order valence-electron chi connectivity index (χ2n) is 6.32. The lowest BCUT2D eigenvalue weighted by molar-refractivity contribution is 0.0954. The number of carbonyl (C=O) groups is 1. The molecule has 0 spiro atoms. The van der Waals surface area contributed by atoms with E-state index in [1.54, 1.807) is 29.5 Å². The molecule has 3 rings (SSSR count). The van der Waals surface area contributed by atoms with E-state index in [1.165, 1.54) is 10.6 Å². The summed E-state index contributed by atoms with van der Waals surface area (Å²) in [6.45, 7) is 4.35. The fourth-order valence-corrected chi connectivity index (χ4v) is 5.09. The van der Waals surface area contributed by atoms with E-state index in [2.05, 4.69) is 10.3 Å². The zero-order chi connectivity index (χ0) is 18.2. The van der Waals surface area contributed by atoms with E-state index in [0.717, 1.165) is 16.3 Å². The summed E-state index contributed by atoms with van der Waals surface area (Å²) in [5.41, 5.74) is 3.09. The van der Waals surface area contributed by atoms with Gasteiger partial charge in [-0.15, -0.1) is 11.3 Å². The minimum absolute atomic E-state index is 0.129. The number of amides is 1. The van der Waals surface area contributed by atoms with Gasteiger partial charge in [0, 0.05) is 30.0 Å². The van der Waals surface area contributed by atoms with E-state index in [4.69, 9.17) is 0 Å². The van der Waals surface area contributed by atoms with Gasteiger partial charge in [-0.3, -0.25) is 9.10 Å². The van der Waals surface area contributed by atoms with Gasteiger partial charge in [-0.2, -0.15) is 0 Å². The SMILES string of the molecule is Cc1nc(CCNC(=O)c2ccc3c(c2)CC(C)N3S(C)(=O)=O)cs1. The van der Waals surface area contributed by atoms with Gasteiger partial charge in [-0.1, -0.05) is 0 Å². The molecule has 1 N–H and O–H groups in total. The molecule has 1 atom stereocenters. The highest BCUT2D eigenvalue weighted by Gasteiger charge is 2.32. The standard InChI is InChI=1S/C17H21N3O3S2/c1-11-8-14-9-13(4-5-16(14)20(11)25(3,22)23)17(21)18-7-6-15-10-24-12(2)19-15/h4-5,9-11H,6-8H2,1-3H3,(H,18,21). The number of anilines is 1. The van der Waals surface area contributed by atoms with Gasteiger partial charge in [0.05, 0.1) is 22.6 Å². The van der Waals surface area contributed by atoms with Crippen LogP contribution in [0.15, 0.2) is 23.6 Å². The Morgan fingerprint density at radius 1 is 1.44 bits per heavy atom. The second-order valence-corrected chi connectivity index (χ2v) is 9.24. The third-order valence-corrected chi connectivity index (χ3v) is 6.28. The summed E-state index contributed by atoms with van der Waals surface area (Å²) >= 11 is 1.60. The molecular weight excluding hydrogens is 358 g/mol. The van der Waals surface area contributed by atoms with Crippen LogP contribution < -0.4 is 9.62 Å². The maximum Gasteiger partial charge on any atom is 0.251 e. The third kappa shape index (κ3) is 3.85. The topological polar surface area (TPSA) is 79.4 Å². The lowest BCUT2D eigenvalue weighted by Crippen LogP contribution is -2.34. The van der Waals surface area contributed by atoms with E-state index < -0.39 is 10.0 Å². The number of benzene rings is 1. The molecule has 1 unspecified atom stereocenters. The number of sulfonamides is 1. The number of hydrogen-bond acceptors (Lipinski definition) is 5. The molecule has 25 heavy (non-hydrogen) atoms. The quantitative estimate of drug-likeness (QED) is 0.863. The number of rotatable bonds is 5. The summed E-state index contributed by atoms with van der Waals surface area (Å²) in [4.78, 5) is 16.7. The van der Waals surface area contributed by atoms with Gasteiger partial charge in [0.1, 0.15) is 0 Å². The second kappa shape index (κ2) is 6.76. The number of hydrogen-bond donors (Lipinski definition) is 1. The van der Waals surface area contributed by atoms with Crippen molar-refractivity contribution in [2.75, 3.05) is 17.1 Å². The number of thiazole rings is 1. The molecule has 134 valence electrons. The summed E-state index contributed by atoms with van der Waals surface area (Å²) in [6.07, 6.45) is 2.51. The Bertz CT molecular complexity index is 906. The van der Waals surface area contributed by atoms with Crippen molar-refractivity contribution < 1.29 is 13.2 Å². The van der Waals surface area contributed by atoms with Gasteiger partial charge in [0.25, 0.3) is 5.91 Å². The predicted molar refractivity (Wildman–Crippen MR) is 99.8 cm³/mol. The van der Waals surface area contributed by atoms with E-state index in [0.29, 0.717) is 30.6 Å². The van der Waals surface area contributed by atoms with Gasteiger partial charge < -0.3 is 5.32 Å². The Balaban J connectivity index is 1.68. The average Bonchev–Trinajstić information content (AvgIpc) is 3.07. The van der Waals surface area contributed by atoms with Gasteiger partial charge in [-0.25, -0.2) is 13.4 Å². The minimum Gasteiger partial charge on any atom is -0.352 e. The zero-order valence-electron chi connectivity index (χ0n) is 14.4. The molecule has 1 aliphatic rings. The van der Waals surface area contributed by atoms with Crippen LogP contribution >= 0.6 is 11.3 Å². The highest BCUT2D eigenvalue weighted by Crippen LogP contribution is 2.34. The molecule has 1 amide bonds. The van der Waals surface area contributed by atoms with Gasteiger partial charge in [0.2, 0.25) is 10.0 Å². The molecule has 0 aliphatic carbocycles. The first-order valence-electron chi connectivity index (χ1n) is 8.07. The summed E-state index contributed by atoms with van der Waals surface area (Å²) < 4.78 is 25.3. The van der Waals surface area contributed by atoms with Crippen molar-refractivity contribution in [1.29, 1.82) is 0 Å². The van der Waals surface area contributed by atoms with Crippen LogP contribution in [-0.2, 0) is 22.9 Å². The van der Waals surface area contributed by atoms with Gasteiger partial charge in [-0.05, 0) is 44.0 Å². The fraction of sp³-hybridized carbons (Fsp3) is 0.412. The molecular formula is C17H21N3O3S2. The molecule has 1 aromatic heterocycles. The Hall–Kier alpha value is -1.93. The number of carbonyl (C=O) groups excluding carboxylic acids is 1. The molecule has 0 radical (unpaired) electrons. The molecule has 0 bridgehead atoms. The first kappa shape index (κ1) is 17.9. The third-order valence-electron chi connectivity index (χ3n) is 4.19. The van der Waals surface area contributed by atoms with Crippen molar-refractivity contribution in [3.8, 4) is 0 Å². The average molecular weight is 380 g/mol. The molecule has 1 aliphatic heterocycles. The van der Waals surface area contributed by atoms with Crippen molar-refractivity contribution in [3.63, 3.8) is 0 Å². The summed E-state index contributed by atoms with van der Waals surface area (Å²) in [7, 11) is -3.31. The van der Waals surface area contributed by atoms with Crippen LogP contribution in [0.4, 0.5) is 5.69 Å². The molecule has 0 saturated heterocycles. The van der Waals surface area contributed by atoms with Crippen molar-refractivity contribution >= 4 is 33.0 Å². The van der Waals surface area contributed by atoms with Crippen molar-refractivity contribution in [3.05, 3.63) is 45.4 Å². The molecule has 0 fully saturated rings. The summed E-state index contributed by atoms with van der Waals surface area (Å²) in [6, 6.07) is 5.06. The van der Waals surface area contributed by atoms with Gasteiger partial charge >= 0.3 is 0 Å². The number of fused-ring (bicyclic) bond motifs is 1. The van der Waals surface area contributed by atoms with E-state index >= 15 is 0 Å². The lowest BCUT2D eigenvalue weighted by Gasteiger charge is -2.21. The first-order chi connectivity index (χ1) is 11.8. The predicted octanol–water partition coefficient (Wildman–Crippen LogP) is 2.13. The lowest BCUT2D eigenvalue weighted by atomic mass is 10.1. The Kier molecular flexibility index (Phi) is 4.83. The largest absolute Gasteiger partial charge is 0.352 e. The molecule has 2 heterocycles. The number of aromatic nitrogens is 1. The normalized spacial score (nSPS) is 16.8. The molecule has 0 saturated carbocycles. The van der Waals surface area contributed by atoms with Crippen molar-refractivity contribution in [2.45, 2.75) is 32.7 Å². The monoisotopic (exact) mass is 379 g/mol. The Morgan fingerprint density at radius 2 is 2.20 bits per heavy atom. The highest BCUT2D eigenvalue weighted by atomic mass is 32.2. The van der Waals surface area contributed by atoms with Crippen LogP contribution in [0, 0.1) is 6.92 Å². The summed E-state index contributed by atoms with van der Waals surface area (Å²) in [5, 5.41) is 5.91. The van der Waals surface area contributed by atoms with E-state index in [1.807, 2.05) is 19.2 Å². The van der Waals surface area contributed by atoms with Crippen LogP contribution in [0.2, 0.25) is 0 Å². The number of aryl methyl sites for hydroxylation is 1. The number of nitrogens with zero attached hydrogens (tertiary/aromatic N) is 2. The van der Waals surface area contributed by atoms with Crippen LogP contribution in [0.5, 0.6) is 0 Å². The van der Waals surface area contributed by atoms with Crippen molar-refractivity contribution in [1.82, 2.24) is 10.3 Å². The summed E-state index contributed by atoms with van der Waals surface area (Å²) in [5.74, 6) is -0.153. The number of nitrogens with one attached hydrogen (secondary N) is 1. The molecule has 1 aromatic carbocycles. The molecule has 6 nitrogen and oxygen atoms in total. The van der Waals surface area contributed by atoms with Crippen molar-refractivity contribution in [2.24, 2.45) is 0 Å². The van der Waals surface area contributed by atoms with Crippen LogP contribution in [0.3, 0.4) is 0 Å². The zero-order valence-corrected chi connectivity index (χ0v) is 16.1. The van der Waals surface area contributed by atoms with Gasteiger partial charge in [0.15, 0.2) is 0 Å². The van der Waals surface area contributed by atoms with Crippen LogP contribution in [-0.4, -0.2) is 38.2 Å². The molecule has 8 heteroatoms. The fourth-order valence-electron chi connectivity index (χ4n) is 3.18. The Labute approximate surface area is 151 Å². The maximum absolute atomic E-state index is 12.3. The van der Waals surface area contributed by atoms with Crippen LogP contribution in [0.25, 0.3) is 0 Å². The highest BCUT2D eigenvalue weighted by molar-refractivity contribution is 7.92. The van der Waals surface area contributed by atoms with E-state index in [-0.39, 0.29) is 11.9 Å². The minimum atomic E-state index is -3.31. The molecule has 2 aromatic rings. The smallest absolute Gasteiger partial charge is 0.251 e. The first-order valence-corrected chi connectivity index (χ1v) is 10.8. The van der Waals surface area contributed by atoms with Crippen LogP contribution in [0.1, 0.15) is 33.5 Å².